The molecule has 0 radical (unpaired) electrons. The standard InChI is InChI=1S/C9H11N3S/c1-7-5-8(2)12(11-7)6-9-10-3-4-13-9/h3-5H,6H2,1-2H3. The zero-order valence-corrected chi connectivity index (χ0v) is 8.51. The molecule has 0 saturated carbocycles. The second kappa shape index (κ2) is 3.30. The van der Waals surface area contributed by atoms with Crippen LogP contribution in [0.3, 0.4) is 0 Å². The van der Waals surface area contributed by atoms with Crippen LogP contribution in [-0.4, -0.2) is 14.8 Å². The van der Waals surface area contributed by atoms with E-state index < -0.39 is 0 Å². The predicted molar refractivity (Wildman–Crippen MR) is 52.9 cm³/mol. The SMILES string of the molecule is Cc1cc(C)n(Cc2nccs2)n1. The molecule has 0 unspecified atom stereocenters. The molecule has 68 valence electrons. The normalized spacial score (nSPS) is 10.6. The topological polar surface area (TPSA) is 30.7 Å². The molecule has 2 rings (SSSR count). The van der Waals surface area contributed by atoms with Gasteiger partial charge in [-0.3, -0.25) is 4.68 Å². The second-order valence-electron chi connectivity index (χ2n) is 3.01. The number of hydrogen-bond donors (Lipinski definition) is 0. The minimum absolute atomic E-state index is 0.789. The summed E-state index contributed by atoms with van der Waals surface area (Å²) in [6.07, 6.45) is 1.83. The van der Waals surface area contributed by atoms with Crippen LogP contribution in [0.25, 0.3) is 0 Å². The fraction of sp³-hybridized carbons (Fsp3) is 0.333. The molecule has 0 fully saturated rings. The largest absolute Gasteiger partial charge is 0.263 e. The van der Waals surface area contributed by atoms with Gasteiger partial charge in [-0.15, -0.1) is 11.3 Å². The Labute approximate surface area is 81.1 Å². The van der Waals surface area contributed by atoms with E-state index >= 15 is 0 Å². The summed E-state index contributed by atoms with van der Waals surface area (Å²) in [4.78, 5) is 4.22. The van der Waals surface area contributed by atoms with Crippen LogP contribution in [0.1, 0.15) is 16.4 Å². The minimum Gasteiger partial charge on any atom is -0.263 e. The van der Waals surface area contributed by atoms with E-state index in [4.69, 9.17) is 0 Å². The van der Waals surface area contributed by atoms with Gasteiger partial charge >= 0.3 is 0 Å². The van der Waals surface area contributed by atoms with Crippen LogP contribution in [0.4, 0.5) is 0 Å². The Kier molecular flexibility index (Phi) is 2.14. The predicted octanol–water partition coefficient (Wildman–Crippen LogP) is 2.00. The monoisotopic (exact) mass is 193 g/mol. The van der Waals surface area contributed by atoms with Crippen LogP contribution in [0.2, 0.25) is 0 Å². The molecule has 0 aliphatic rings. The molecule has 0 atom stereocenters. The van der Waals surface area contributed by atoms with Crippen LogP contribution >= 0.6 is 11.3 Å². The zero-order valence-electron chi connectivity index (χ0n) is 7.69. The maximum Gasteiger partial charge on any atom is 0.114 e. The number of nitrogens with zero attached hydrogens (tertiary/aromatic N) is 3. The molecular weight excluding hydrogens is 182 g/mol. The molecule has 0 aliphatic carbocycles. The Hall–Kier alpha value is -1.16. The Balaban J connectivity index is 2.23. The lowest BCUT2D eigenvalue weighted by atomic mass is 10.4. The summed E-state index contributed by atoms with van der Waals surface area (Å²) in [5.41, 5.74) is 2.25. The Morgan fingerprint density at radius 2 is 2.31 bits per heavy atom. The van der Waals surface area contributed by atoms with Crippen molar-refractivity contribution in [1.29, 1.82) is 0 Å². The first kappa shape index (κ1) is 8.44. The van der Waals surface area contributed by atoms with Crippen molar-refractivity contribution in [2.75, 3.05) is 0 Å². The lowest BCUT2D eigenvalue weighted by molar-refractivity contribution is 0.656. The number of aromatic nitrogens is 3. The molecule has 2 heterocycles. The maximum absolute atomic E-state index is 4.37. The Bertz CT molecular complexity index is 389. The molecule has 0 aromatic carbocycles. The molecule has 0 amide bonds. The van der Waals surface area contributed by atoms with Gasteiger partial charge in [0, 0.05) is 17.3 Å². The van der Waals surface area contributed by atoms with E-state index in [2.05, 4.69) is 23.1 Å². The summed E-state index contributed by atoms with van der Waals surface area (Å²) in [7, 11) is 0. The number of rotatable bonds is 2. The molecule has 0 bridgehead atoms. The number of thiazole rings is 1. The first-order valence-corrected chi connectivity index (χ1v) is 5.03. The van der Waals surface area contributed by atoms with Gasteiger partial charge in [0.2, 0.25) is 0 Å². The fourth-order valence-corrected chi connectivity index (χ4v) is 1.89. The average Bonchev–Trinajstić information content (AvgIpc) is 2.63. The van der Waals surface area contributed by atoms with Gasteiger partial charge in [0.1, 0.15) is 5.01 Å². The van der Waals surface area contributed by atoms with Crippen molar-refractivity contribution in [3.8, 4) is 0 Å². The van der Waals surface area contributed by atoms with Gasteiger partial charge in [-0.1, -0.05) is 0 Å². The summed E-state index contributed by atoms with van der Waals surface area (Å²) < 4.78 is 1.98. The van der Waals surface area contributed by atoms with Gasteiger partial charge in [0.15, 0.2) is 0 Å². The summed E-state index contributed by atoms with van der Waals surface area (Å²) in [5.74, 6) is 0. The summed E-state index contributed by atoms with van der Waals surface area (Å²) in [5, 5.41) is 7.46. The zero-order chi connectivity index (χ0) is 9.26. The highest BCUT2D eigenvalue weighted by Gasteiger charge is 2.02. The first-order chi connectivity index (χ1) is 6.25. The molecule has 4 heteroatoms. The van der Waals surface area contributed by atoms with Crippen molar-refractivity contribution >= 4 is 11.3 Å². The average molecular weight is 193 g/mol. The van der Waals surface area contributed by atoms with E-state index in [0.717, 1.165) is 17.2 Å². The van der Waals surface area contributed by atoms with Gasteiger partial charge < -0.3 is 0 Å². The van der Waals surface area contributed by atoms with Crippen molar-refractivity contribution in [3.63, 3.8) is 0 Å². The lowest BCUT2D eigenvalue weighted by Gasteiger charge is -1.99. The lowest BCUT2D eigenvalue weighted by Crippen LogP contribution is -2.03. The quantitative estimate of drug-likeness (QED) is 0.730. The van der Waals surface area contributed by atoms with Gasteiger partial charge in [-0.05, 0) is 19.9 Å². The summed E-state index contributed by atoms with van der Waals surface area (Å²) >= 11 is 1.66. The van der Waals surface area contributed by atoms with Crippen LogP contribution in [0.5, 0.6) is 0 Å². The van der Waals surface area contributed by atoms with Crippen LogP contribution in [0, 0.1) is 13.8 Å². The van der Waals surface area contributed by atoms with Crippen molar-refractivity contribution in [2.45, 2.75) is 20.4 Å². The Morgan fingerprint density at radius 3 is 2.85 bits per heavy atom. The van der Waals surface area contributed by atoms with Crippen molar-refractivity contribution in [2.24, 2.45) is 0 Å². The third kappa shape index (κ3) is 1.78. The molecule has 0 spiro atoms. The highest BCUT2D eigenvalue weighted by molar-refractivity contribution is 7.09. The third-order valence-electron chi connectivity index (χ3n) is 1.87. The Morgan fingerprint density at radius 1 is 1.46 bits per heavy atom. The fourth-order valence-electron chi connectivity index (χ4n) is 1.29. The highest BCUT2D eigenvalue weighted by atomic mass is 32.1. The van der Waals surface area contributed by atoms with Gasteiger partial charge in [-0.2, -0.15) is 5.10 Å². The summed E-state index contributed by atoms with van der Waals surface area (Å²) in [6.45, 7) is 4.86. The van der Waals surface area contributed by atoms with Crippen molar-refractivity contribution in [3.05, 3.63) is 34.0 Å². The van der Waals surface area contributed by atoms with Gasteiger partial charge in [0.05, 0.1) is 12.2 Å². The van der Waals surface area contributed by atoms with Crippen LogP contribution in [0.15, 0.2) is 17.6 Å². The highest BCUT2D eigenvalue weighted by Crippen LogP contribution is 2.09. The maximum atomic E-state index is 4.37. The van der Waals surface area contributed by atoms with Gasteiger partial charge in [0.25, 0.3) is 0 Å². The third-order valence-corrected chi connectivity index (χ3v) is 2.64. The van der Waals surface area contributed by atoms with E-state index in [-0.39, 0.29) is 0 Å². The summed E-state index contributed by atoms with van der Waals surface area (Å²) in [6, 6.07) is 2.08. The molecule has 0 aliphatic heterocycles. The smallest absolute Gasteiger partial charge is 0.114 e. The van der Waals surface area contributed by atoms with E-state index in [0.29, 0.717) is 0 Å². The van der Waals surface area contributed by atoms with E-state index in [1.807, 2.05) is 23.2 Å². The van der Waals surface area contributed by atoms with Crippen LogP contribution in [-0.2, 0) is 6.54 Å². The molecule has 2 aromatic heterocycles. The first-order valence-electron chi connectivity index (χ1n) is 4.15. The number of hydrogen-bond acceptors (Lipinski definition) is 3. The van der Waals surface area contributed by atoms with E-state index in [1.165, 1.54) is 5.69 Å². The van der Waals surface area contributed by atoms with Crippen molar-refractivity contribution < 1.29 is 0 Å². The second-order valence-corrected chi connectivity index (χ2v) is 3.99. The van der Waals surface area contributed by atoms with Crippen molar-refractivity contribution in [1.82, 2.24) is 14.8 Å². The molecule has 0 saturated heterocycles. The number of aryl methyl sites for hydroxylation is 2. The van der Waals surface area contributed by atoms with E-state index in [1.54, 1.807) is 11.3 Å². The molecule has 2 aromatic rings. The van der Waals surface area contributed by atoms with Crippen LogP contribution < -0.4 is 0 Å². The minimum atomic E-state index is 0.789. The molecule has 3 nitrogen and oxygen atoms in total. The van der Waals surface area contributed by atoms with Gasteiger partial charge in [-0.25, -0.2) is 4.98 Å². The molecular formula is C9H11N3S. The molecule has 0 N–H and O–H groups in total. The van der Waals surface area contributed by atoms with E-state index in [9.17, 15) is 0 Å². The molecule has 13 heavy (non-hydrogen) atoms.